The highest BCUT2D eigenvalue weighted by Crippen LogP contribution is 2.42. The van der Waals surface area contributed by atoms with E-state index in [1.54, 1.807) is 17.8 Å². The quantitative estimate of drug-likeness (QED) is 0.438. The molecule has 2 fully saturated rings. The van der Waals surface area contributed by atoms with E-state index in [-0.39, 0.29) is 11.9 Å². The van der Waals surface area contributed by atoms with Crippen molar-refractivity contribution in [3.63, 3.8) is 0 Å². The number of hydrogen-bond acceptors (Lipinski definition) is 6. The van der Waals surface area contributed by atoms with Gasteiger partial charge in [0.2, 0.25) is 0 Å². The first-order valence-corrected chi connectivity index (χ1v) is 12.0. The van der Waals surface area contributed by atoms with Gasteiger partial charge in [-0.05, 0) is 50.2 Å². The molecule has 0 bridgehead atoms. The molecule has 2 aliphatic rings. The van der Waals surface area contributed by atoms with Crippen molar-refractivity contribution in [3.8, 4) is 11.3 Å². The zero-order chi connectivity index (χ0) is 23.2. The summed E-state index contributed by atoms with van der Waals surface area (Å²) in [4.78, 5) is 22.6. The zero-order valence-corrected chi connectivity index (χ0v) is 19.5. The monoisotopic (exact) mass is 459 g/mol. The first kappa shape index (κ1) is 21.1. The summed E-state index contributed by atoms with van der Waals surface area (Å²) >= 11 is 0. The molecule has 0 unspecified atom stereocenters. The van der Waals surface area contributed by atoms with Crippen LogP contribution in [0, 0.1) is 5.92 Å². The highest BCUT2D eigenvalue weighted by atomic mass is 16.5. The first-order chi connectivity index (χ1) is 16.7. The second-order valence-electron chi connectivity index (χ2n) is 9.44. The van der Waals surface area contributed by atoms with Crippen LogP contribution in [-0.4, -0.2) is 56.9 Å². The SMILES string of the molecule is CNc1cc(-c2cn(C3CC(COC)C3)c3ncccc23)nc2c(C(=O)NC3CCC3)cnn12. The molecule has 9 nitrogen and oxygen atoms in total. The van der Waals surface area contributed by atoms with Crippen LogP contribution >= 0.6 is 0 Å². The molecule has 0 saturated heterocycles. The number of fused-ring (bicyclic) bond motifs is 2. The molecule has 9 heteroatoms. The Morgan fingerprint density at radius 1 is 1.26 bits per heavy atom. The molecule has 4 heterocycles. The molecule has 0 atom stereocenters. The van der Waals surface area contributed by atoms with E-state index in [0.717, 1.165) is 66.8 Å². The van der Waals surface area contributed by atoms with Crippen LogP contribution in [0.15, 0.2) is 36.8 Å². The zero-order valence-electron chi connectivity index (χ0n) is 19.5. The minimum atomic E-state index is -0.117. The summed E-state index contributed by atoms with van der Waals surface area (Å²) in [6, 6.07) is 6.68. The number of anilines is 1. The minimum absolute atomic E-state index is 0.117. The fourth-order valence-electron chi connectivity index (χ4n) is 5.12. The number of nitrogens with zero attached hydrogens (tertiary/aromatic N) is 5. The topological polar surface area (TPSA) is 98.4 Å². The van der Waals surface area contributed by atoms with Gasteiger partial charge in [-0.25, -0.2) is 9.97 Å². The number of nitrogens with one attached hydrogen (secondary N) is 2. The van der Waals surface area contributed by atoms with Gasteiger partial charge < -0.3 is 19.9 Å². The summed E-state index contributed by atoms with van der Waals surface area (Å²) in [6.07, 6.45) is 11.0. The molecule has 6 rings (SSSR count). The van der Waals surface area contributed by atoms with Gasteiger partial charge in [-0.3, -0.25) is 4.79 Å². The number of carbonyl (C=O) groups excluding carboxylic acids is 1. The number of aromatic nitrogens is 5. The third-order valence-electron chi connectivity index (χ3n) is 7.29. The number of carbonyl (C=O) groups is 1. The van der Waals surface area contributed by atoms with E-state index in [4.69, 9.17) is 14.7 Å². The van der Waals surface area contributed by atoms with Crippen molar-refractivity contribution in [2.75, 3.05) is 26.1 Å². The van der Waals surface area contributed by atoms with Gasteiger partial charge in [0.1, 0.15) is 17.0 Å². The molecule has 2 aliphatic carbocycles. The largest absolute Gasteiger partial charge is 0.384 e. The Bertz CT molecular complexity index is 1360. The maximum absolute atomic E-state index is 13.0. The third-order valence-corrected chi connectivity index (χ3v) is 7.29. The van der Waals surface area contributed by atoms with Crippen LogP contribution in [0.1, 0.15) is 48.5 Å². The molecular weight excluding hydrogens is 430 g/mol. The highest BCUT2D eigenvalue weighted by molar-refractivity contribution is 6.01. The van der Waals surface area contributed by atoms with Gasteiger partial charge in [0.05, 0.1) is 11.9 Å². The van der Waals surface area contributed by atoms with E-state index in [2.05, 4.69) is 32.6 Å². The van der Waals surface area contributed by atoms with Crippen molar-refractivity contribution in [1.82, 2.24) is 29.5 Å². The maximum Gasteiger partial charge on any atom is 0.256 e. The summed E-state index contributed by atoms with van der Waals surface area (Å²) in [6.45, 7) is 0.798. The van der Waals surface area contributed by atoms with Gasteiger partial charge in [-0.15, -0.1) is 0 Å². The van der Waals surface area contributed by atoms with Crippen molar-refractivity contribution < 1.29 is 9.53 Å². The van der Waals surface area contributed by atoms with Gasteiger partial charge in [-0.1, -0.05) is 0 Å². The van der Waals surface area contributed by atoms with Gasteiger partial charge in [-0.2, -0.15) is 9.61 Å². The van der Waals surface area contributed by atoms with E-state index in [0.29, 0.717) is 23.2 Å². The average molecular weight is 460 g/mol. The molecule has 2 N–H and O–H groups in total. The molecule has 0 spiro atoms. The summed E-state index contributed by atoms with van der Waals surface area (Å²) in [5.41, 5.74) is 3.80. The lowest BCUT2D eigenvalue weighted by atomic mass is 9.80. The summed E-state index contributed by atoms with van der Waals surface area (Å²) in [5.74, 6) is 1.25. The normalized spacial score (nSPS) is 20.3. The Morgan fingerprint density at radius 3 is 2.85 bits per heavy atom. The lowest BCUT2D eigenvalue weighted by molar-refractivity contribution is 0.0791. The van der Waals surface area contributed by atoms with Crippen LogP contribution in [0.25, 0.3) is 27.9 Å². The lowest BCUT2D eigenvalue weighted by Crippen LogP contribution is -2.39. The smallest absolute Gasteiger partial charge is 0.256 e. The fraction of sp³-hybridized carbons (Fsp3) is 0.440. The Balaban J connectivity index is 1.43. The number of pyridine rings is 1. The van der Waals surface area contributed by atoms with Gasteiger partial charge in [0.25, 0.3) is 5.91 Å². The summed E-state index contributed by atoms with van der Waals surface area (Å²) in [7, 11) is 3.61. The van der Waals surface area contributed by atoms with E-state index in [1.165, 1.54) is 0 Å². The summed E-state index contributed by atoms with van der Waals surface area (Å²) in [5, 5.41) is 11.8. The van der Waals surface area contributed by atoms with Crippen LogP contribution in [0.5, 0.6) is 0 Å². The average Bonchev–Trinajstić information content (AvgIpc) is 3.39. The van der Waals surface area contributed by atoms with Crippen LogP contribution in [0.2, 0.25) is 0 Å². The standard InChI is InChI=1S/C25H29N7O2/c1-26-22-11-21(30-24-19(12-28-32(22)24)25(33)29-16-5-3-6-16)20-13-31(17-9-15(10-17)14-34-2)23-18(20)7-4-8-27-23/h4,7-8,11-13,15-17,26H,3,5-6,9-10,14H2,1-2H3,(H,29,33). The second-order valence-corrected chi connectivity index (χ2v) is 9.44. The molecule has 176 valence electrons. The van der Waals surface area contributed by atoms with Crippen molar-refractivity contribution >= 4 is 28.4 Å². The molecule has 0 radical (unpaired) electrons. The van der Waals surface area contributed by atoms with E-state index in [1.807, 2.05) is 25.4 Å². The number of ether oxygens (including phenoxy) is 1. The van der Waals surface area contributed by atoms with Crippen molar-refractivity contribution in [3.05, 3.63) is 42.4 Å². The third kappa shape index (κ3) is 3.42. The lowest BCUT2D eigenvalue weighted by Gasteiger charge is -2.36. The molecule has 0 aliphatic heterocycles. The van der Waals surface area contributed by atoms with E-state index < -0.39 is 0 Å². The Labute approximate surface area is 197 Å². The van der Waals surface area contributed by atoms with Crippen LogP contribution in [0.4, 0.5) is 5.82 Å². The van der Waals surface area contributed by atoms with Crippen LogP contribution in [-0.2, 0) is 4.74 Å². The molecule has 1 amide bonds. The first-order valence-electron chi connectivity index (χ1n) is 12.0. The highest BCUT2D eigenvalue weighted by Gasteiger charge is 2.32. The van der Waals surface area contributed by atoms with Crippen molar-refractivity contribution in [1.29, 1.82) is 0 Å². The number of methoxy groups -OCH3 is 1. The molecule has 4 aromatic rings. The van der Waals surface area contributed by atoms with Crippen molar-refractivity contribution in [2.24, 2.45) is 5.92 Å². The Kier molecular flexibility index (Phi) is 5.21. The van der Waals surface area contributed by atoms with E-state index >= 15 is 0 Å². The predicted octanol–water partition coefficient (Wildman–Crippen LogP) is 3.67. The molecule has 4 aromatic heterocycles. The molecular formula is C25H29N7O2. The predicted molar refractivity (Wildman–Crippen MR) is 130 cm³/mol. The van der Waals surface area contributed by atoms with Gasteiger partial charge in [0, 0.05) is 62.3 Å². The molecule has 34 heavy (non-hydrogen) atoms. The minimum Gasteiger partial charge on any atom is -0.384 e. The Hall–Kier alpha value is -3.46. The summed E-state index contributed by atoms with van der Waals surface area (Å²) < 4.78 is 9.31. The second kappa shape index (κ2) is 8.39. The van der Waals surface area contributed by atoms with Gasteiger partial charge in [0.15, 0.2) is 5.65 Å². The molecule has 2 saturated carbocycles. The number of hydrogen-bond donors (Lipinski definition) is 2. The van der Waals surface area contributed by atoms with Gasteiger partial charge >= 0.3 is 0 Å². The van der Waals surface area contributed by atoms with Crippen molar-refractivity contribution in [2.45, 2.75) is 44.2 Å². The van der Waals surface area contributed by atoms with Crippen LogP contribution < -0.4 is 10.6 Å². The number of amides is 1. The Morgan fingerprint density at radius 2 is 2.12 bits per heavy atom. The fourth-order valence-corrected chi connectivity index (χ4v) is 5.12. The number of rotatable bonds is 7. The maximum atomic E-state index is 13.0. The molecule has 0 aromatic carbocycles. The van der Waals surface area contributed by atoms with Crippen LogP contribution in [0.3, 0.4) is 0 Å². The van der Waals surface area contributed by atoms with E-state index in [9.17, 15) is 4.79 Å².